The lowest BCUT2D eigenvalue weighted by molar-refractivity contribution is -0.164. The zero-order chi connectivity index (χ0) is 29.0. The number of amides is 3. The number of rotatable bonds is 9. The number of nitrogens with one attached hydrogen (secondary N) is 1. The van der Waals surface area contributed by atoms with E-state index in [0.717, 1.165) is 0 Å². The van der Waals surface area contributed by atoms with Crippen LogP contribution in [0.5, 0.6) is 0 Å². The number of alkyl halides is 6. The summed E-state index contributed by atoms with van der Waals surface area (Å²) in [5, 5.41) is 2.16. The van der Waals surface area contributed by atoms with Gasteiger partial charge in [-0.2, -0.15) is 26.3 Å². The standard InChI is InChI=1S/C26H26F6N4O3/c1-2-36-19-11-7-6-10-17(19)20(15-8-4-3-5-9-15)34-22(24(36)39)35-23(38)18(14-26(30,31)32)16(21(33)37)12-13-25(27,28)29/h3-11,16,18,22H,2,12-14H2,1H3,(H2,33,37)(H,35,38). The van der Waals surface area contributed by atoms with Crippen LogP contribution < -0.4 is 16.0 Å². The number of hydrogen-bond acceptors (Lipinski definition) is 4. The predicted octanol–water partition coefficient (Wildman–Crippen LogP) is 4.35. The van der Waals surface area contributed by atoms with E-state index in [9.17, 15) is 40.7 Å². The Morgan fingerprint density at radius 3 is 2.15 bits per heavy atom. The van der Waals surface area contributed by atoms with Crippen LogP contribution in [0.3, 0.4) is 0 Å². The number of carbonyl (C=O) groups is 3. The van der Waals surface area contributed by atoms with Gasteiger partial charge < -0.3 is 16.0 Å². The zero-order valence-electron chi connectivity index (χ0n) is 20.7. The lowest BCUT2D eigenvalue weighted by Gasteiger charge is -2.28. The van der Waals surface area contributed by atoms with Crippen molar-refractivity contribution >= 4 is 29.1 Å². The highest BCUT2D eigenvalue weighted by Crippen LogP contribution is 2.35. The summed E-state index contributed by atoms with van der Waals surface area (Å²) in [6, 6.07) is 15.2. The fraction of sp³-hybridized carbons (Fsp3) is 0.385. The van der Waals surface area contributed by atoms with E-state index in [-0.39, 0.29) is 12.3 Å². The molecule has 3 N–H and O–H groups in total. The fourth-order valence-electron chi connectivity index (χ4n) is 4.45. The smallest absolute Gasteiger partial charge is 0.369 e. The van der Waals surface area contributed by atoms with Gasteiger partial charge in [0.15, 0.2) is 0 Å². The summed E-state index contributed by atoms with van der Waals surface area (Å²) >= 11 is 0. The van der Waals surface area contributed by atoms with E-state index in [0.29, 0.717) is 16.8 Å². The first-order valence-electron chi connectivity index (χ1n) is 12.0. The first kappa shape index (κ1) is 29.7. The van der Waals surface area contributed by atoms with E-state index in [1.165, 1.54) is 4.90 Å². The van der Waals surface area contributed by atoms with Crippen LogP contribution in [0.25, 0.3) is 0 Å². The third kappa shape index (κ3) is 7.58. The topological polar surface area (TPSA) is 105 Å². The third-order valence-corrected chi connectivity index (χ3v) is 6.23. The Morgan fingerprint density at radius 2 is 1.59 bits per heavy atom. The third-order valence-electron chi connectivity index (χ3n) is 6.23. The van der Waals surface area contributed by atoms with Crippen molar-refractivity contribution in [3.63, 3.8) is 0 Å². The Hall–Kier alpha value is -3.90. The molecule has 0 saturated carbocycles. The van der Waals surface area contributed by atoms with Crippen LogP contribution in [0.15, 0.2) is 59.6 Å². The number of nitrogens with two attached hydrogens (primary N) is 1. The summed E-state index contributed by atoms with van der Waals surface area (Å²) in [7, 11) is 0. The molecule has 39 heavy (non-hydrogen) atoms. The van der Waals surface area contributed by atoms with E-state index < -0.39 is 67.3 Å². The fourth-order valence-corrected chi connectivity index (χ4v) is 4.45. The van der Waals surface area contributed by atoms with Gasteiger partial charge in [-0.1, -0.05) is 48.5 Å². The average molecular weight is 557 g/mol. The van der Waals surface area contributed by atoms with E-state index in [1.54, 1.807) is 61.5 Å². The van der Waals surface area contributed by atoms with Gasteiger partial charge in [0.05, 0.1) is 23.7 Å². The predicted molar refractivity (Wildman–Crippen MR) is 131 cm³/mol. The zero-order valence-corrected chi connectivity index (χ0v) is 20.7. The van der Waals surface area contributed by atoms with Gasteiger partial charge >= 0.3 is 12.4 Å². The Morgan fingerprint density at radius 1 is 0.974 bits per heavy atom. The Balaban J connectivity index is 2.05. The molecule has 1 aliphatic rings. The summed E-state index contributed by atoms with van der Waals surface area (Å²) in [5.41, 5.74) is 6.91. The number of fused-ring (bicyclic) bond motifs is 1. The van der Waals surface area contributed by atoms with Crippen LogP contribution >= 0.6 is 0 Å². The molecule has 0 radical (unpaired) electrons. The van der Waals surface area contributed by atoms with Gasteiger partial charge in [-0.25, -0.2) is 4.99 Å². The Bertz CT molecular complexity index is 1230. The van der Waals surface area contributed by atoms with Crippen LogP contribution in [0.4, 0.5) is 32.0 Å². The number of aliphatic imine (C=N–C) groups is 1. The molecule has 210 valence electrons. The molecular weight excluding hydrogens is 530 g/mol. The minimum absolute atomic E-state index is 0.112. The normalized spacial score (nSPS) is 17.5. The second kappa shape index (κ2) is 11.9. The maximum absolute atomic E-state index is 13.5. The molecule has 3 rings (SSSR count). The number of nitrogens with zero attached hydrogens (tertiary/aromatic N) is 2. The van der Waals surface area contributed by atoms with Crippen molar-refractivity contribution in [3.05, 3.63) is 65.7 Å². The molecule has 3 atom stereocenters. The van der Waals surface area contributed by atoms with Crippen LogP contribution in [-0.4, -0.2) is 48.5 Å². The molecule has 0 fully saturated rings. The number of likely N-dealkylation sites (N-methyl/N-ethyl adjacent to an activating group) is 1. The van der Waals surface area contributed by atoms with Crippen molar-refractivity contribution in [1.82, 2.24) is 5.32 Å². The maximum atomic E-state index is 13.5. The molecule has 0 spiro atoms. The van der Waals surface area contributed by atoms with Crippen LogP contribution in [0.2, 0.25) is 0 Å². The van der Waals surface area contributed by atoms with Gasteiger partial charge in [0.25, 0.3) is 5.91 Å². The number of hydrogen-bond donors (Lipinski definition) is 2. The summed E-state index contributed by atoms with van der Waals surface area (Å²) in [4.78, 5) is 44.3. The average Bonchev–Trinajstić information content (AvgIpc) is 2.96. The van der Waals surface area contributed by atoms with Gasteiger partial charge in [-0.05, 0) is 19.4 Å². The Kier molecular flexibility index (Phi) is 9.03. The van der Waals surface area contributed by atoms with E-state index >= 15 is 0 Å². The molecular formula is C26H26F6N4O3. The lowest BCUT2D eigenvalue weighted by Crippen LogP contribution is -2.51. The first-order valence-corrected chi connectivity index (χ1v) is 12.0. The quantitative estimate of drug-likeness (QED) is 0.449. The molecule has 0 saturated heterocycles. The van der Waals surface area contributed by atoms with Crippen molar-refractivity contribution in [1.29, 1.82) is 0 Å². The van der Waals surface area contributed by atoms with Crippen LogP contribution in [0.1, 0.15) is 37.3 Å². The van der Waals surface area contributed by atoms with Crippen molar-refractivity contribution in [2.24, 2.45) is 22.6 Å². The molecule has 1 heterocycles. The van der Waals surface area contributed by atoms with Crippen molar-refractivity contribution in [2.45, 2.75) is 44.7 Å². The van der Waals surface area contributed by atoms with Gasteiger partial charge in [0, 0.05) is 30.0 Å². The molecule has 0 aliphatic carbocycles. The summed E-state index contributed by atoms with van der Waals surface area (Å²) in [6.45, 7) is 1.76. The summed E-state index contributed by atoms with van der Waals surface area (Å²) in [6.07, 6.45) is -16.2. The van der Waals surface area contributed by atoms with Gasteiger partial charge in [-0.3, -0.25) is 14.4 Å². The second-order valence-electron chi connectivity index (χ2n) is 8.94. The molecule has 1 aliphatic heterocycles. The second-order valence-corrected chi connectivity index (χ2v) is 8.94. The molecule has 3 unspecified atom stereocenters. The van der Waals surface area contributed by atoms with Crippen molar-refractivity contribution < 1.29 is 40.7 Å². The number of benzene rings is 2. The monoisotopic (exact) mass is 556 g/mol. The maximum Gasteiger partial charge on any atom is 0.389 e. The van der Waals surface area contributed by atoms with Gasteiger partial charge in [0.2, 0.25) is 18.0 Å². The molecule has 2 aromatic carbocycles. The van der Waals surface area contributed by atoms with E-state index in [4.69, 9.17) is 5.73 Å². The molecule has 7 nitrogen and oxygen atoms in total. The molecule has 0 aromatic heterocycles. The van der Waals surface area contributed by atoms with E-state index in [2.05, 4.69) is 10.3 Å². The highest BCUT2D eigenvalue weighted by atomic mass is 19.4. The SMILES string of the molecule is CCN1C(=O)C(NC(=O)C(CC(F)(F)F)C(CCC(F)(F)F)C(N)=O)N=C(c2ccccc2)c2ccccc21. The highest BCUT2D eigenvalue weighted by Gasteiger charge is 2.44. The largest absolute Gasteiger partial charge is 0.389 e. The lowest BCUT2D eigenvalue weighted by atomic mass is 9.84. The minimum Gasteiger partial charge on any atom is -0.369 e. The van der Waals surface area contributed by atoms with Crippen molar-refractivity contribution in [2.75, 3.05) is 11.4 Å². The van der Waals surface area contributed by atoms with E-state index in [1.807, 2.05) is 0 Å². The van der Waals surface area contributed by atoms with Crippen LogP contribution in [0, 0.1) is 11.8 Å². The van der Waals surface area contributed by atoms with Gasteiger partial charge in [0.1, 0.15) is 0 Å². The molecule has 13 heteroatoms. The number of para-hydroxylation sites is 1. The minimum atomic E-state index is -5.02. The number of halogens is 6. The molecule has 2 aromatic rings. The number of anilines is 1. The molecule has 3 amide bonds. The highest BCUT2D eigenvalue weighted by molar-refractivity contribution is 6.20. The van der Waals surface area contributed by atoms with Crippen LogP contribution in [-0.2, 0) is 14.4 Å². The number of carbonyl (C=O) groups excluding carboxylic acids is 3. The Labute approximate surface area is 220 Å². The number of benzodiazepines with no additional fused rings is 1. The van der Waals surface area contributed by atoms with Gasteiger partial charge in [-0.15, -0.1) is 0 Å². The molecule has 0 bridgehead atoms. The number of primary amides is 1. The summed E-state index contributed by atoms with van der Waals surface area (Å²) < 4.78 is 78.7. The summed E-state index contributed by atoms with van der Waals surface area (Å²) in [5.74, 6) is -8.14. The first-order chi connectivity index (χ1) is 18.2. The van der Waals surface area contributed by atoms with Crippen molar-refractivity contribution in [3.8, 4) is 0 Å².